The molecule has 0 fully saturated rings. The summed E-state index contributed by atoms with van der Waals surface area (Å²) < 4.78 is 10.8. The number of methoxy groups -OCH3 is 1. The van der Waals surface area contributed by atoms with Gasteiger partial charge in [-0.3, -0.25) is 4.79 Å². The highest BCUT2D eigenvalue weighted by Crippen LogP contribution is 2.33. The first-order valence-corrected chi connectivity index (χ1v) is 6.27. The smallest absolute Gasteiger partial charge is 0.194 e. The number of thiocarbonyl (C=S) groups is 1. The summed E-state index contributed by atoms with van der Waals surface area (Å²) in [5.74, 6) is 1.35. The van der Waals surface area contributed by atoms with Gasteiger partial charge >= 0.3 is 0 Å². The Bertz CT molecular complexity index is 664. The van der Waals surface area contributed by atoms with Crippen molar-refractivity contribution in [3.05, 3.63) is 36.1 Å². The minimum atomic E-state index is -0.123. The molecule has 20 heavy (non-hydrogen) atoms. The van der Waals surface area contributed by atoms with Crippen LogP contribution >= 0.6 is 12.2 Å². The molecule has 1 heterocycles. The van der Waals surface area contributed by atoms with E-state index in [1.54, 1.807) is 31.4 Å². The highest BCUT2D eigenvalue weighted by molar-refractivity contribution is 7.80. The van der Waals surface area contributed by atoms with Gasteiger partial charge in [-0.15, -0.1) is 0 Å². The SMILES string of the molecule is COc1cc(NC(N)=S)ccc1-c1ccc(C(C)=O)o1. The van der Waals surface area contributed by atoms with E-state index >= 15 is 0 Å². The molecule has 0 saturated carbocycles. The number of ketones is 1. The van der Waals surface area contributed by atoms with Crippen LogP contribution in [-0.2, 0) is 0 Å². The number of hydrogen-bond acceptors (Lipinski definition) is 4. The second-order valence-electron chi connectivity index (χ2n) is 4.12. The van der Waals surface area contributed by atoms with Gasteiger partial charge in [0.25, 0.3) is 0 Å². The molecule has 0 atom stereocenters. The fraction of sp³-hybridized carbons (Fsp3) is 0.143. The van der Waals surface area contributed by atoms with Crippen molar-refractivity contribution in [2.75, 3.05) is 12.4 Å². The van der Waals surface area contributed by atoms with Crippen molar-refractivity contribution in [1.29, 1.82) is 0 Å². The third kappa shape index (κ3) is 2.97. The normalized spacial score (nSPS) is 10.1. The van der Waals surface area contributed by atoms with E-state index in [4.69, 9.17) is 27.1 Å². The summed E-state index contributed by atoms with van der Waals surface area (Å²) in [7, 11) is 1.55. The van der Waals surface area contributed by atoms with Crippen molar-refractivity contribution >= 4 is 28.8 Å². The molecule has 1 aromatic heterocycles. The number of carbonyl (C=O) groups excluding carboxylic acids is 1. The Balaban J connectivity index is 2.40. The summed E-state index contributed by atoms with van der Waals surface area (Å²) in [5, 5.41) is 3.00. The molecule has 1 aromatic carbocycles. The molecular weight excluding hydrogens is 276 g/mol. The van der Waals surface area contributed by atoms with Gasteiger partial charge in [-0.2, -0.15) is 0 Å². The molecule has 0 amide bonds. The molecule has 0 radical (unpaired) electrons. The largest absolute Gasteiger partial charge is 0.496 e. The van der Waals surface area contributed by atoms with Crippen molar-refractivity contribution < 1.29 is 13.9 Å². The van der Waals surface area contributed by atoms with Crippen LogP contribution in [0, 0.1) is 0 Å². The lowest BCUT2D eigenvalue weighted by atomic mass is 10.1. The fourth-order valence-corrected chi connectivity index (χ4v) is 1.90. The van der Waals surface area contributed by atoms with Crippen molar-refractivity contribution in [2.45, 2.75) is 6.92 Å². The second kappa shape index (κ2) is 5.75. The number of ether oxygens (including phenoxy) is 1. The van der Waals surface area contributed by atoms with Gasteiger partial charge in [0, 0.05) is 18.7 Å². The van der Waals surface area contributed by atoms with E-state index in [-0.39, 0.29) is 10.9 Å². The lowest BCUT2D eigenvalue weighted by Gasteiger charge is -2.10. The average molecular weight is 290 g/mol. The molecule has 5 nitrogen and oxygen atoms in total. The maximum atomic E-state index is 11.3. The number of furan rings is 1. The van der Waals surface area contributed by atoms with Crippen molar-refractivity contribution in [2.24, 2.45) is 5.73 Å². The van der Waals surface area contributed by atoms with Crippen LogP contribution in [0.5, 0.6) is 5.75 Å². The molecule has 2 aromatic rings. The quantitative estimate of drug-likeness (QED) is 0.666. The fourth-order valence-electron chi connectivity index (χ4n) is 1.79. The third-order valence-electron chi connectivity index (χ3n) is 2.69. The number of benzene rings is 1. The van der Waals surface area contributed by atoms with Gasteiger partial charge in [-0.05, 0) is 36.5 Å². The molecule has 0 spiro atoms. The number of nitrogens with two attached hydrogens (primary N) is 1. The molecule has 2 rings (SSSR count). The summed E-state index contributed by atoms with van der Waals surface area (Å²) in [6, 6.07) is 8.73. The van der Waals surface area contributed by atoms with Crippen molar-refractivity contribution in [1.82, 2.24) is 0 Å². The molecule has 0 aliphatic carbocycles. The molecule has 6 heteroatoms. The van der Waals surface area contributed by atoms with Gasteiger partial charge in [0.1, 0.15) is 11.5 Å². The van der Waals surface area contributed by atoms with Gasteiger partial charge in [-0.1, -0.05) is 0 Å². The number of hydrogen-bond donors (Lipinski definition) is 2. The van der Waals surface area contributed by atoms with Crippen LogP contribution in [0.1, 0.15) is 17.5 Å². The van der Waals surface area contributed by atoms with Gasteiger partial charge in [0.05, 0.1) is 12.7 Å². The summed E-state index contributed by atoms with van der Waals surface area (Å²) in [4.78, 5) is 11.3. The first-order chi connectivity index (χ1) is 9.51. The van der Waals surface area contributed by atoms with E-state index in [0.29, 0.717) is 17.3 Å². The Morgan fingerprint density at radius 3 is 2.65 bits per heavy atom. The van der Waals surface area contributed by atoms with Crippen LogP contribution in [0.3, 0.4) is 0 Å². The first-order valence-electron chi connectivity index (χ1n) is 5.87. The van der Waals surface area contributed by atoms with Gasteiger partial charge < -0.3 is 20.2 Å². The summed E-state index contributed by atoms with van der Waals surface area (Å²) >= 11 is 4.79. The maximum absolute atomic E-state index is 11.3. The van der Waals surface area contributed by atoms with Crippen LogP contribution in [0.4, 0.5) is 5.69 Å². The zero-order chi connectivity index (χ0) is 14.7. The molecule has 0 aliphatic rings. The Hall–Kier alpha value is -2.34. The maximum Gasteiger partial charge on any atom is 0.194 e. The standard InChI is InChI=1S/C14H14N2O3S/c1-8(17)11-5-6-12(19-11)10-4-3-9(16-14(15)20)7-13(10)18-2/h3-7H,1-2H3,(H3,15,16,20). The molecule has 0 saturated heterocycles. The van der Waals surface area contributed by atoms with Crippen molar-refractivity contribution in [3.8, 4) is 17.1 Å². The third-order valence-corrected chi connectivity index (χ3v) is 2.79. The number of Topliss-reactive ketones (excluding diaryl/α,β-unsaturated/α-hetero) is 1. The monoisotopic (exact) mass is 290 g/mol. The molecule has 0 aliphatic heterocycles. The van der Waals surface area contributed by atoms with E-state index < -0.39 is 0 Å². The minimum Gasteiger partial charge on any atom is -0.496 e. The summed E-state index contributed by atoms with van der Waals surface area (Å²) in [6.45, 7) is 1.45. The second-order valence-corrected chi connectivity index (χ2v) is 4.56. The van der Waals surface area contributed by atoms with Gasteiger partial charge in [0.2, 0.25) is 0 Å². The Kier molecular flexibility index (Phi) is 4.05. The topological polar surface area (TPSA) is 77.5 Å². The number of carbonyl (C=O) groups is 1. The molecule has 3 N–H and O–H groups in total. The Morgan fingerprint density at radius 2 is 2.10 bits per heavy atom. The zero-order valence-corrected chi connectivity index (χ0v) is 11.9. The Morgan fingerprint density at radius 1 is 1.35 bits per heavy atom. The number of rotatable bonds is 4. The molecule has 104 valence electrons. The average Bonchev–Trinajstić information content (AvgIpc) is 2.87. The van der Waals surface area contributed by atoms with E-state index in [1.165, 1.54) is 6.92 Å². The lowest BCUT2D eigenvalue weighted by molar-refractivity contribution is 0.0988. The number of anilines is 1. The summed E-state index contributed by atoms with van der Waals surface area (Å²) in [6.07, 6.45) is 0. The van der Waals surface area contributed by atoms with E-state index in [0.717, 1.165) is 11.3 Å². The van der Waals surface area contributed by atoms with Crippen LogP contribution in [0.2, 0.25) is 0 Å². The van der Waals surface area contributed by atoms with Gasteiger partial charge in [-0.25, -0.2) is 0 Å². The van der Waals surface area contributed by atoms with Crippen LogP contribution in [0.25, 0.3) is 11.3 Å². The van der Waals surface area contributed by atoms with E-state index in [2.05, 4.69) is 5.32 Å². The molecule has 0 bridgehead atoms. The first kappa shape index (κ1) is 14.1. The van der Waals surface area contributed by atoms with E-state index in [9.17, 15) is 4.79 Å². The van der Waals surface area contributed by atoms with Crippen LogP contribution < -0.4 is 15.8 Å². The number of nitrogens with one attached hydrogen (secondary N) is 1. The highest BCUT2D eigenvalue weighted by Gasteiger charge is 2.13. The van der Waals surface area contributed by atoms with E-state index in [1.807, 2.05) is 6.07 Å². The predicted molar refractivity (Wildman–Crippen MR) is 81.1 cm³/mol. The molecular formula is C14H14N2O3S. The molecule has 0 unspecified atom stereocenters. The summed E-state index contributed by atoms with van der Waals surface area (Å²) in [5.41, 5.74) is 6.89. The lowest BCUT2D eigenvalue weighted by Crippen LogP contribution is -2.18. The van der Waals surface area contributed by atoms with Crippen LogP contribution in [-0.4, -0.2) is 18.0 Å². The predicted octanol–water partition coefficient (Wildman–Crippen LogP) is 2.81. The zero-order valence-electron chi connectivity index (χ0n) is 11.1. The minimum absolute atomic E-state index is 0.123. The van der Waals surface area contributed by atoms with Gasteiger partial charge in [0.15, 0.2) is 16.7 Å². The highest BCUT2D eigenvalue weighted by atomic mass is 32.1. The van der Waals surface area contributed by atoms with Crippen molar-refractivity contribution in [3.63, 3.8) is 0 Å². The Labute approximate surface area is 121 Å². The van der Waals surface area contributed by atoms with Crippen LogP contribution in [0.15, 0.2) is 34.7 Å².